The largest absolute Gasteiger partial charge is 0.419 e. The number of hydrogen-bond acceptors (Lipinski definition) is 0. The fourth-order valence-electron chi connectivity index (χ4n) is 3.68. The maximum absolute atomic E-state index is 13.9. The van der Waals surface area contributed by atoms with Gasteiger partial charge in [-0.2, -0.15) is 13.2 Å². The number of hydrogen-bond donors (Lipinski definition) is 0. The molecule has 4 rings (SSSR count). The Labute approximate surface area is 178 Å². The van der Waals surface area contributed by atoms with Crippen LogP contribution in [0, 0.1) is 5.82 Å². The van der Waals surface area contributed by atoms with Gasteiger partial charge in [0.1, 0.15) is 5.82 Å². The predicted octanol–water partition coefficient (Wildman–Crippen LogP) is 8.45. The molecule has 0 spiro atoms. The predicted molar refractivity (Wildman–Crippen MR) is 118 cm³/mol. The van der Waals surface area contributed by atoms with Crippen LogP contribution in [0.2, 0.25) is 0 Å². The lowest BCUT2D eigenvalue weighted by Crippen LogP contribution is -2.07. The minimum absolute atomic E-state index is 0.405. The van der Waals surface area contributed by atoms with Gasteiger partial charge in [0.15, 0.2) is 0 Å². The molecule has 0 fully saturated rings. The minimum atomic E-state index is -4.70. The highest BCUT2D eigenvalue weighted by Crippen LogP contribution is 2.34. The van der Waals surface area contributed by atoms with Gasteiger partial charge in [0.25, 0.3) is 0 Å². The number of allylic oxidation sites excluding steroid dienone is 1. The summed E-state index contributed by atoms with van der Waals surface area (Å²) >= 11 is 0. The van der Waals surface area contributed by atoms with Crippen LogP contribution >= 0.6 is 0 Å². The molecule has 0 saturated heterocycles. The summed E-state index contributed by atoms with van der Waals surface area (Å²) in [5.74, 6) is -1.27. The summed E-state index contributed by atoms with van der Waals surface area (Å²) < 4.78 is 52.2. The Morgan fingerprint density at radius 3 is 1.84 bits per heavy atom. The zero-order valence-corrected chi connectivity index (χ0v) is 16.7. The van der Waals surface area contributed by atoms with Gasteiger partial charge in [0.2, 0.25) is 0 Å². The molecule has 0 radical (unpaired) electrons. The van der Waals surface area contributed by atoms with Gasteiger partial charge < -0.3 is 0 Å². The topological polar surface area (TPSA) is 0 Å². The highest BCUT2D eigenvalue weighted by atomic mass is 19.4. The van der Waals surface area contributed by atoms with Crippen LogP contribution in [-0.2, 0) is 12.6 Å². The molecule has 0 atom stereocenters. The number of fused-ring (bicyclic) bond motifs is 1. The molecule has 4 heteroatoms. The van der Waals surface area contributed by atoms with Gasteiger partial charge in [-0.3, -0.25) is 0 Å². The van der Waals surface area contributed by atoms with Crippen molar-refractivity contribution in [3.05, 3.63) is 108 Å². The zero-order valence-electron chi connectivity index (χ0n) is 16.7. The lowest BCUT2D eigenvalue weighted by atomic mass is 9.97. The Morgan fingerprint density at radius 2 is 1.23 bits per heavy atom. The van der Waals surface area contributed by atoms with Gasteiger partial charge in [-0.1, -0.05) is 66.7 Å². The van der Waals surface area contributed by atoms with Crippen molar-refractivity contribution in [3.8, 4) is 22.3 Å². The van der Waals surface area contributed by atoms with Crippen LogP contribution in [0.15, 0.2) is 91.5 Å². The van der Waals surface area contributed by atoms with Crippen LogP contribution in [-0.4, -0.2) is 0 Å². The van der Waals surface area contributed by atoms with E-state index in [4.69, 9.17) is 0 Å². The minimum Gasteiger partial charge on any atom is -0.206 e. The van der Waals surface area contributed by atoms with Crippen LogP contribution in [0.4, 0.5) is 17.6 Å². The van der Waals surface area contributed by atoms with Crippen molar-refractivity contribution in [1.82, 2.24) is 0 Å². The number of rotatable bonds is 5. The fourth-order valence-corrected chi connectivity index (χ4v) is 3.68. The molecule has 4 aromatic rings. The summed E-state index contributed by atoms with van der Waals surface area (Å²) in [6.07, 6.45) is -0.878. The van der Waals surface area contributed by atoms with Gasteiger partial charge in [0.05, 0.1) is 5.56 Å². The molecule has 0 nitrogen and oxygen atoms in total. The van der Waals surface area contributed by atoms with E-state index in [0.717, 1.165) is 41.5 Å². The molecule has 0 aromatic heterocycles. The molecule has 0 saturated carbocycles. The highest BCUT2D eigenvalue weighted by molar-refractivity contribution is 5.88. The Kier molecular flexibility index (Phi) is 5.64. The third-order valence-corrected chi connectivity index (χ3v) is 5.37. The van der Waals surface area contributed by atoms with Crippen molar-refractivity contribution >= 4 is 10.8 Å². The first kappa shape index (κ1) is 20.9. The van der Waals surface area contributed by atoms with Crippen molar-refractivity contribution in [2.75, 3.05) is 0 Å². The molecule has 0 heterocycles. The van der Waals surface area contributed by atoms with Gasteiger partial charge >= 0.3 is 6.18 Å². The second-order valence-corrected chi connectivity index (χ2v) is 7.49. The number of alkyl halides is 3. The Balaban J connectivity index is 1.60. The van der Waals surface area contributed by atoms with E-state index >= 15 is 0 Å². The fraction of sp³-hybridized carbons (Fsp3) is 0.111. The monoisotopic (exact) mass is 420 g/mol. The summed E-state index contributed by atoms with van der Waals surface area (Å²) in [6.45, 7) is 3.76. The molecule has 4 aromatic carbocycles. The van der Waals surface area contributed by atoms with Crippen LogP contribution in [0.3, 0.4) is 0 Å². The molecule has 0 bridgehead atoms. The zero-order chi connectivity index (χ0) is 22.0. The summed E-state index contributed by atoms with van der Waals surface area (Å²) in [4.78, 5) is 0. The summed E-state index contributed by atoms with van der Waals surface area (Å²) in [5, 5.41) is 2.30. The van der Waals surface area contributed by atoms with E-state index in [1.807, 2.05) is 24.3 Å². The Bertz CT molecular complexity index is 1230. The molecule has 0 unspecified atom stereocenters. The molecule has 0 amide bonds. The van der Waals surface area contributed by atoms with E-state index in [1.165, 1.54) is 17.0 Å². The normalized spacial score (nSPS) is 11.6. The SMILES string of the molecule is C=CCCc1ccc2cc(-c3ccc(-c4ccc(C(F)(F)F)c(F)c4)cc3)ccc2c1. The van der Waals surface area contributed by atoms with E-state index < -0.39 is 17.6 Å². The van der Waals surface area contributed by atoms with E-state index in [2.05, 4.69) is 36.9 Å². The van der Waals surface area contributed by atoms with Gasteiger partial charge in [-0.25, -0.2) is 4.39 Å². The average molecular weight is 420 g/mol. The maximum atomic E-state index is 13.9. The second-order valence-electron chi connectivity index (χ2n) is 7.49. The highest BCUT2D eigenvalue weighted by Gasteiger charge is 2.33. The molecule has 0 N–H and O–H groups in total. The molecule has 0 aliphatic carbocycles. The summed E-state index contributed by atoms with van der Waals surface area (Å²) in [6, 6.07) is 23.0. The van der Waals surface area contributed by atoms with Crippen molar-refractivity contribution in [1.29, 1.82) is 0 Å². The summed E-state index contributed by atoms with van der Waals surface area (Å²) in [7, 11) is 0. The van der Waals surface area contributed by atoms with Crippen molar-refractivity contribution in [3.63, 3.8) is 0 Å². The Morgan fingerprint density at radius 1 is 0.677 bits per heavy atom. The van der Waals surface area contributed by atoms with Gasteiger partial charge in [-0.05, 0) is 69.6 Å². The van der Waals surface area contributed by atoms with Crippen LogP contribution in [0.5, 0.6) is 0 Å². The molecular weight excluding hydrogens is 400 g/mol. The van der Waals surface area contributed by atoms with Gasteiger partial charge in [-0.15, -0.1) is 6.58 Å². The van der Waals surface area contributed by atoms with E-state index in [1.54, 1.807) is 12.1 Å². The molecule has 156 valence electrons. The van der Waals surface area contributed by atoms with Gasteiger partial charge in [0, 0.05) is 0 Å². The lowest BCUT2D eigenvalue weighted by Gasteiger charge is -2.10. The summed E-state index contributed by atoms with van der Waals surface area (Å²) in [5.41, 5.74) is 3.10. The average Bonchev–Trinajstić information content (AvgIpc) is 2.76. The van der Waals surface area contributed by atoms with Crippen LogP contribution in [0.25, 0.3) is 33.0 Å². The van der Waals surface area contributed by atoms with E-state index in [0.29, 0.717) is 11.1 Å². The van der Waals surface area contributed by atoms with Crippen LogP contribution in [0.1, 0.15) is 17.5 Å². The van der Waals surface area contributed by atoms with Crippen molar-refractivity contribution < 1.29 is 17.6 Å². The second kappa shape index (κ2) is 8.38. The third-order valence-electron chi connectivity index (χ3n) is 5.37. The molecule has 31 heavy (non-hydrogen) atoms. The van der Waals surface area contributed by atoms with E-state index in [9.17, 15) is 17.6 Å². The van der Waals surface area contributed by atoms with Crippen LogP contribution < -0.4 is 0 Å². The molecule has 0 aliphatic rings. The number of aryl methyl sites for hydroxylation is 1. The number of halogens is 4. The smallest absolute Gasteiger partial charge is 0.206 e. The Hall–Kier alpha value is -3.40. The first-order valence-electron chi connectivity index (χ1n) is 9.96. The molecular formula is C27H20F4. The first-order chi connectivity index (χ1) is 14.8. The van der Waals surface area contributed by atoms with Crippen molar-refractivity contribution in [2.45, 2.75) is 19.0 Å². The quantitative estimate of drug-likeness (QED) is 0.224. The van der Waals surface area contributed by atoms with E-state index in [-0.39, 0.29) is 0 Å². The third kappa shape index (κ3) is 4.53. The standard InChI is InChI=1S/C27H20F4/c1-2-3-4-18-5-6-23-16-22(12-11-21(23)15-18)19-7-9-20(10-8-19)24-13-14-25(26(28)17-24)27(29,30)31/h2,5-17H,1,3-4H2. The first-order valence-corrected chi connectivity index (χ1v) is 9.96. The maximum Gasteiger partial charge on any atom is 0.419 e. The number of benzene rings is 4. The van der Waals surface area contributed by atoms with Crippen molar-refractivity contribution in [2.24, 2.45) is 0 Å². The lowest BCUT2D eigenvalue weighted by molar-refractivity contribution is -0.139. The molecule has 0 aliphatic heterocycles.